The lowest BCUT2D eigenvalue weighted by Gasteiger charge is -2.22. The molecule has 5 rings (SSSR count). The second kappa shape index (κ2) is 11.8. The second-order valence-electron chi connectivity index (χ2n) is 9.52. The quantitative estimate of drug-likeness (QED) is 0.286. The van der Waals surface area contributed by atoms with Crippen LogP contribution in [-0.4, -0.2) is 30.8 Å². The number of carbonyl (C=O) groups excluding carboxylic acids is 2. The van der Waals surface area contributed by atoms with Crippen molar-refractivity contribution in [1.82, 2.24) is 10.6 Å². The summed E-state index contributed by atoms with van der Waals surface area (Å²) >= 11 is 0. The predicted molar refractivity (Wildman–Crippen MR) is 148 cm³/mol. The Bertz CT molecular complexity index is 1350. The van der Waals surface area contributed by atoms with Gasteiger partial charge < -0.3 is 21.1 Å². The molecule has 2 atom stereocenters. The molecule has 0 bridgehead atoms. The molecule has 4 aromatic rings. The fourth-order valence-corrected chi connectivity index (χ4v) is 5.04. The Morgan fingerprint density at radius 1 is 0.684 bits per heavy atom. The van der Waals surface area contributed by atoms with Crippen LogP contribution in [0.3, 0.4) is 0 Å². The molecule has 1 aliphatic carbocycles. The van der Waals surface area contributed by atoms with E-state index in [1.807, 2.05) is 84.9 Å². The molecule has 0 saturated heterocycles. The molecule has 0 radical (unpaired) electrons. The van der Waals surface area contributed by atoms with Crippen molar-refractivity contribution in [3.05, 3.63) is 131 Å². The average Bonchev–Trinajstić information content (AvgIpc) is 3.26. The van der Waals surface area contributed by atoms with E-state index in [9.17, 15) is 9.59 Å². The van der Waals surface area contributed by atoms with Gasteiger partial charge in [0, 0.05) is 18.8 Å². The van der Waals surface area contributed by atoms with Crippen LogP contribution >= 0.6 is 0 Å². The highest BCUT2D eigenvalue weighted by atomic mass is 16.5. The average molecular weight is 506 g/mol. The van der Waals surface area contributed by atoms with Crippen molar-refractivity contribution in [2.24, 2.45) is 5.73 Å². The number of nitrogens with two attached hydrogens (primary N) is 1. The summed E-state index contributed by atoms with van der Waals surface area (Å²) in [7, 11) is 0. The van der Waals surface area contributed by atoms with Crippen molar-refractivity contribution in [1.29, 1.82) is 0 Å². The highest BCUT2D eigenvalue weighted by Gasteiger charge is 2.30. The number of benzene rings is 4. The van der Waals surface area contributed by atoms with Crippen LogP contribution in [0.1, 0.15) is 28.2 Å². The summed E-state index contributed by atoms with van der Waals surface area (Å²) < 4.78 is 5.70. The largest absolute Gasteiger partial charge is 0.449 e. The molecule has 0 aliphatic heterocycles. The zero-order valence-electron chi connectivity index (χ0n) is 21.0. The number of hydrogen-bond donors (Lipinski definition) is 3. The van der Waals surface area contributed by atoms with Crippen molar-refractivity contribution >= 4 is 12.0 Å². The maximum absolute atomic E-state index is 13.2. The van der Waals surface area contributed by atoms with Crippen LogP contribution in [-0.2, 0) is 22.4 Å². The van der Waals surface area contributed by atoms with Crippen molar-refractivity contribution in [2.45, 2.75) is 31.0 Å². The van der Waals surface area contributed by atoms with E-state index in [2.05, 4.69) is 34.9 Å². The Morgan fingerprint density at radius 3 is 1.76 bits per heavy atom. The number of hydrogen-bond acceptors (Lipinski definition) is 4. The van der Waals surface area contributed by atoms with Crippen LogP contribution in [0.4, 0.5) is 4.79 Å². The maximum atomic E-state index is 13.2. The normalized spacial score (nSPS) is 13.6. The fraction of sp³-hybridized carbons (Fsp3) is 0.188. The van der Waals surface area contributed by atoms with E-state index in [0.29, 0.717) is 12.8 Å². The lowest BCUT2D eigenvalue weighted by molar-refractivity contribution is -0.123. The van der Waals surface area contributed by atoms with E-state index in [1.165, 1.54) is 0 Å². The van der Waals surface area contributed by atoms with Gasteiger partial charge in [-0.1, -0.05) is 109 Å². The van der Waals surface area contributed by atoms with Gasteiger partial charge in [0.25, 0.3) is 0 Å². The minimum absolute atomic E-state index is 0.0613. The van der Waals surface area contributed by atoms with Gasteiger partial charge in [-0.25, -0.2) is 4.79 Å². The summed E-state index contributed by atoms with van der Waals surface area (Å²) in [6.45, 7) is 0.174. The molecule has 0 aromatic heterocycles. The van der Waals surface area contributed by atoms with Crippen molar-refractivity contribution in [2.75, 3.05) is 6.61 Å². The number of nitrogens with one attached hydrogen (secondary N) is 2. The monoisotopic (exact) mass is 505 g/mol. The highest BCUT2D eigenvalue weighted by molar-refractivity contribution is 5.86. The highest BCUT2D eigenvalue weighted by Crippen LogP contribution is 2.44. The fourth-order valence-electron chi connectivity index (χ4n) is 5.04. The van der Waals surface area contributed by atoms with E-state index < -0.39 is 18.3 Å². The molecular weight excluding hydrogens is 474 g/mol. The van der Waals surface area contributed by atoms with Gasteiger partial charge >= 0.3 is 6.09 Å². The van der Waals surface area contributed by atoms with Crippen LogP contribution in [0.2, 0.25) is 0 Å². The van der Waals surface area contributed by atoms with E-state index in [0.717, 1.165) is 33.4 Å². The van der Waals surface area contributed by atoms with Crippen LogP contribution in [0.25, 0.3) is 11.1 Å². The van der Waals surface area contributed by atoms with E-state index in [-0.39, 0.29) is 18.4 Å². The van der Waals surface area contributed by atoms with Gasteiger partial charge in [0.05, 0.1) is 6.17 Å². The molecule has 6 heteroatoms. The van der Waals surface area contributed by atoms with Crippen molar-refractivity contribution in [3.63, 3.8) is 0 Å². The molecule has 38 heavy (non-hydrogen) atoms. The standard InChI is InChI=1S/C32H31N3O3/c33-30(20-23-13-5-2-6-14-23)35-31(36)29(19-22-11-3-1-4-12-22)34-32(37)38-21-28-26-17-9-7-15-24(26)25-16-8-10-18-27(25)28/h1-18,28-30H,19-21,33H2,(H,34,37)(H,35,36)/t29-,30+/m0/s1. The van der Waals surface area contributed by atoms with Crippen molar-refractivity contribution < 1.29 is 14.3 Å². The molecule has 4 N–H and O–H groups in total. The molecule has 0 spiro atoms. The molecular formula is C32H31N3O3. The number of rotatable bonds is 9. The lowest BCUT2D eigenvalue weighted by Crippen LogP contribution is -2.53. The van der Waals surface area contributed by atoms with Gasteiger partial charge in [0.15, 0.2) is 0 Å². The Balaban J connectivity index is 1.25. The number of alkyl carbamates (subject to hydrolysis) is 1. The summed E-state index contributed by atoms with van der Waals surface area (Å²) in [5.74, 6) is -0.417. The summed E-state index contributed by atoms with van der Waals surface area (Å²) in [6, 6.07) is 34.8. The number of fused-ring (bicyclic) bond motifs is 3. The first-order chi connectivity index (χ1) is 18.6. The Kier molecular flexibility index (Phi) is 7.81. The Labute approximate surface area is 222 Å². The number of ether oxygens (including phenoxy) is 1. The third-order valence-electron chi connectivity index (χ3n) is 6.86. The minimum atomic E-state index is -0.838. The molecule has 4 aromatic carbocycles. The zero-order valence-corrected chi connectivity index (χ0v) is 21.0. The molecule has 2 amide bonds. The SMILES string of the molecule is N[C@@H](Cc1ccccc1)NC(=O)[C@H](Cc1ccccc1)NC(=O)OCC1c2ccccc2-c2ccccc21. The molecule has 0 unspecified atom stereocenters. The summed E-state index contributed by atoms with van der Waals surface area (Å²) in [4.78, 5) is 26.2. The maximum Gasteiger partial charge on any atom is 0.407 e. The Hall–Kier alpha value is -4.42. The van der Waals surface area contributed by atoms with Gasteiger partial charge in [0.2, 0.25) is 5.91 Å². The first kappa shape index (κ1) is 25.2. The molecule has 0 heterocycles. The van der Waals surface area contributed by atoms with Crippen LogP contribution < -0.4 is 16.4 Å². The van der Waals surface area contributed by atoms with E-state index in [1.54, 1.807) is 0 Å². The first-order valence-electron chi connectivity index (χ1n) is 12.8. The summed E-state index contributed by atoms with van der Waals surface area (Å²) in [5.41, 5.74) is 12.7. The molecule has 1 aliphatic rings. The number of carbonyl (C=O) groups is 2. The van der Waals surface area contributed by atoms with E-state index >= 15 is 0 Å². The van der Waals surface area contributed by atoms with Gasteiger partial charge in [-0.3, -0.25) is 4.79 Å². The van der Waals surface area contributed by atoms with Gasteiger partial charge in [0.1, 0.15) is 12.6 Å². The zero-order chi connectivity index (χ0) is 26.3. The third kappa shape index (κ3) is 5.93. The second-order valence-corrected chi connectivity index (χ2v) is 9.52. The predicted octanol–water partition coefficient (Wildman–Crippen LogP) is 4.78. The lowest BCUT2D eigenvalue weighted by atomic mass is 9.98. The van der Waals surface area contributed by atoms with Gasteiger partial charge in [-0.15, -0.1) is 0 Å². The molecule has 192 valence electrons. The van der Waals surface area contributed by atoms with Gasteiger partial charge in [-0.2, -0.15) is 0 Å². The molecule has 0 saturated carbocycles. The van der Waals surface area contributed by atoms with Crippen LogP contribution in [0.15, 0.2) is 109 Å². The third-order valence-corrected chi connectivity index (χ3v) is 6.86. The molecule has 6 nitrogen and oxygen atoms in total. The Morgan fingerprint density at radius 2 is 1.18 bits per heavy atom. The van der Waals surface area contributed by atoms with E-state index in [4.69, 9.17) is 10.5 Å². The van der Waals surface area contributed by atoms with Crippen LogP contribution in [0, 0.1) is 0 Å². The first-order valence-corrected chi connectivity index (χ1v) is 12.8. The summed E-state index contributed by atoms with van der Waals surface area (Å²) in [6.07, 6.45) is -0.433. The van der Waals surface area contributed by atoms with Crippen LogP contribution in [0.5, 0.6) is 0 Å². The smallest absolute Gasteiger partial charge is 0.407 e. The topological polar surface area (TPSA) is 93.5 Å². The van der Waals surface area contributed by atoms with Crippen molar-refractivity contribution in [3.8, 4) is 11.1 Å². The molecule has 0 fully saturated rings. The van der Waals surface area contributed by atoms with Gasteiger partial charge in [-0.05, 0) is 33.4 Å². The number of amides is 2. The summed E-state index contributed by atoms with van der Waals surface area (Å²) in [5, 5.41) is 5.62. The minimum Gasteiger partial charge on any atom is -0.449 e.